The first kappa shape index (κ1) is 12.5. The molecule has 2 heterocycles. The Morgan fingerprint density at radius 2 is 2.47 bits per heavy atom. The highest BCUT2D eigenvalue weighted by molar-refractivity contribution is 5.19. The van der Waals surface area contributed by atoms with E-state index in [0.29, 0.717) is 12.1 Å². The molecular weight excluding hydrogens is 212 g/mol. The molecule has 1 aromatic heterocycles. The van der Waals surface area contributed by atoms with Crippen LogP contribution in [-0.2, 0) is 4.74 Å². The highest BCUT2D eigenvalue weighted by Gasteiger charge is 2.18. The van der Waals surface area contributed by atoms with Gasteiger partial charge < -0.3 is 10.1 Å². The first-order valence-electron chi connectivity index (χ1n) is 6.51. The Morgan fingerprint density at radius 1 is 1.59 bits per heavy atom. The van der Waals surface area contributed by atoms with E-state index in [-0.39, 0.29) is 0 Å². The van der Waals surface area contributed by atoms with Crippen molar-refractivity contribution in [2.45, 2.75) is 44.8 Å². The molecule has 0 saturated carbocycles. The van der Waals surface area contributed by atoms with Crippen LogP contribution in [0.5, 0.6) is 0 Å². The lowest BCUT2D eigenvalue weighted by molar-refractivity contribution is 0.0998. The number of rotatable bonds is 5. The molecule has 1 aliphatic rings. The number of aromatic nitrogens is 1. The summed E-state index contributed by atoms with van der Waals surface area (Å²) in [5.74, 6) is 0. The molecule has 0 amide bonds. The minimum Gasteiger partial charge on any atom is -0.378 e. The largest absolute Gasteiger partial charge is 0.378 e. The zero-order valence-corrected chi connectivity index (χ0v) is 10.8. The van der Waals surface area contributed by atoms with Crippen molar-refractivity contribution in [3.05, 3.63) is 29.6 Å². The van der Waals surface area contributed by atoms with Gasteiger partial charge in [-0.05, 0) is 57.4 Å². The molecule has 17 heavy (non-hydrogen) atoms. The van der Waals surface area contributed by atoms with Crippen molar-refractivity contribution in [1.29, 1.82) is 0 Å². The van der Waals surface area contributed by atoms with Crippen molar-refractivity contribution >= 4 is 0 Å². The lowest BCUT2D eigenvalue weighted by Gasteiger charge is -2.18. The van der Waals surface area contributed by atoms with Gasteiger partial charge in [-0.25, -0.2) is 0 Å². The summed E-state index contributed by atoms with van der Waals surface area (Å²) in [6, 6.07) is 4.68. The summed E-state index contributed by atoms with van der Waals surface area (Å²) in [6.45, 7) is 2.99. The number of pyridine rings is 1. The molecule has 3 heteroatoms. The second-order valence-electron chi connectivity index (χ2n) is 4.78. The van der Waals surface area contributed by atoms with Gasteiger partial charge in [0.25, 0.3) is 0 Å². The molecule has 1 N–H and O–H groups in total. The second-order valence-corrected chi connectivity index (χ2v) is 4.78. The molecule has 1 aromatic rings. The van der Waals surface area contributed by atoms with E-state index >= 15 is 0 Å². The fourth-order valence-electron chi connectivity index (χ4n) is 2.49. The Bertz CT molecular complexity index is 348. The number of aryl methyl sites for hydroxylation is 1. The molecule has 0 aliphatic carbocycles. The van der Waals surface area contributed by atoms with Gasteiger partial charge in [0.15, 0.2) is 0 Å². The average molecular weight is 234 g/mol. The summed E-state index contributed by atoms with van der Waals surface area (Å²) in [5.41, 5.74) is 2.41. The monoisotopic (exact) mass is 234 g/mol. The fourth-order valence-corrected chi connectivity index (χ4v) is 2.49. The van der Waals surface area contributed by atoms with Crippen LogP contribution < -0.4 is 5.32 Å². The van der Waals surface area contributed by atoms with Crippen LogP contribution in [0.4, 0.5) is 0 Å². The zero-order valence-electron chi connectivity index (χ0n) is 10.8. The molecule has 3 nitrogen and oxygen atoms in total. The van der Waals surface area contributed by atoms with E-state index in [1.54, 1.807) is 0 Å². The van der Waals surface area contributed by atoms with E-state index in [1.807, 2.05) is 20.2 Å². The highest BCUT2D eigenvalue weighted by Crippen LogP contribution is 2.23. The van der Waals surface area contributed by atoms with Crippen molar-refractivity contribution in [1.82, 2.24) is 10.3 Å². The van der Waals surface area contributed by atoms with Crippen LogP contribution in [-0.4, -0.2) is 24.7 Å². The van der Waals surface area contributed by atoms with Gasteiger partial charge in [0.1, 0.15) is 0 Å². The Balaban J connectivity index is 1.91. The Morgan fingerprint density at radius 3 is 3.12 bits per heavy atom. The molecule has 0 aromatic carbocycles. The minimum absolute atomic E-state index is 0.417. The maximum absolute atomic E-state index is 5.67. The fraction of sp³-hybridized carbons (Fsp3) is 0.643. The molecule has 0 bridgehead atoms. The van der Waals surface area contributed by atoms with E-state index in [4.69, 9.17) is 4.74 Å². The van der Waals surface area contributed by atoms with Gasteiger partial charge in [0.2, 0.25) is 0 Å². The molecule has 1 fully saturated rings. The van der Waals surface area contributed by atoms with Crippen molar-refractivity contribution in [3.63, 3.8) is 0 Å². The summed E-state index contributed by atoms with van der Waals surface area (Å²) in [5, 5.41) is 3.39. The summed E-state index contributed by atoms with van der Waals surface area (Å²) in [6.07, 6.45) is 7.10. The van der Waals surface area contributed by atoms with Gasteiger partial charge in [-0.1, -0.05) is 0 Å². The van der Waals surface area contributed by atoms with Gasteiger partial charge in [-0.3, -0.25) is 4.98 Å². The molecular formula is C14H22N2O. The predicted molar refractivity (Wildman–Crippen MR) is 69.0 cm³/mol. The normalized spacial score (nSPS) is 21.6. The molecule has 94 valence electrons. The van der Waals surface area contributed by atoms with Gasteiger partial charge in [-0.2, -0.15) is 0 Å². The van der Waals surface area contributed by atoms with Crippen molar-refractivity contribution < 1.29 is 4.74 Å². The lowest BCUT2D eigenvalue weighted by atomic mass is 10.00. The number of hydrogen-bond acceptors (Lipinski definition) is 3. The van der Waals surface area contributed by atoms with Gasteiger partial charge in [0, 0.05) is 24.5 Å². The SMILES string of the molecule is CNC(CCC1CCCO1)c1ccnc(C)c1. The molecule has 0 spiro atoms. The van der Waals surface area contributed by atoms with E-state index in [1.165, 1.54) is 18.4 Å². The maximum Gasteiger partial charge on any atom is 0.0576 e. The Hall–Kier alpha value is -0.930. The van der Waals surface area contributed by atoms with E-state index in [9.17, 15) is 0 Å². The Kier molecular flexibility index (Phi) is 4.51. The third-order valence-electron chi connectivity index (χ3n) is 3.47. The van der Waals surface area contributed by atoms with Crippen LogP contribution >= 0.6 is 0 Å². The highest BCUT2D eigenvalue weighted by atomic mass is 16.5. The minimum atomic E-state index is 0.417. The Labute approximate surface area is 104 Å². The summed E-state index contributed by atoms with van der Waals surface area (Å²) in [4.78, 5) is 4.24. The standard InChI is InChI=1S/C14H22N2O/c1-11-10-12(7-8-16-11)14(15-2)6-5-13-4-3-9-17-13/h7-8,10,13-15H,3-6,9H2,1-2H3. The smallest absolute Gasteiger partial charge is 0.0576 e. The van der Waals surface area contributed by atoms with Crippen LogP contribution in [0.15, 0.2) is 18.3 Å². The van der Waals surface area contributed by atoms with Crippen molar-refractivity contribution in [2.24, 2.45) is 0 Å². The van der Waals surface area contributed by atoms with Crippen molar-refractivity contribution in [2.75, 3.05) is 13.7 Å². The lowest BCUT2D eigenvalue weighted by Crippen LogP contribution is -2.19. The summed E-state index contributed by atoms with van der Waals surface area (Å²) < 4.78 is 5.67. The van der Waals surface area contributed by atoms with Crippen LogP contribution in [0.25, 0.3) is 0 Å². The zero-order chi connectivity index (χ0) is 12.1. The predicted octanol–water partition coefficient (Wildman–Crippen LogP) is 2.61. The number of ether oxygens (including phenoxy) is 1. The third-order valence-corrected chi connectivity index (χ3v) is 3.47. The third kappa shape index (κ3) is 3.51. The van der Waals surface area contributed by atoms with Gasteiger partial charge >= 0.3 is 0 Å². The molecule has 1 saturated heterocycles. The average Bonchev–Trinajstić information content (AvgIpc) is 2.83. The van der Waals surface area contributed by atoms with Crippen LogP contribution in [0.2, 0.25) is 0 Å². The number of hydrogen-bond donors (Lipinski definition) is 1. The first-order chi connectivity index (χ1) is 8.29. The van der Waals surface area contributed by atoms with Crippen LogP contribution in [0, 0.1) is 6.92 Å². The number of nitrogens with zero attached hydrogens (tertiary/aromatic N) is 1. The number of nitrogens with one attached hydrogen (secondary N) is 1. The van der Waals surface area contributed by atoms with E-state index in [2.05, 4.69) is 22.4 Å². The molecule has 2 atom stereocenters. The molecule has 0 radical (unpaired) electrons. The van der Waals surface area contributed by atoms with E-state index in [0.717, 1.165) is 25.1 Å². The van der Waals surface area contributed by atoms with Gasteiger partial charge in [0.05, 0.1) is 6.10 Å². The summed E-state index contributed by atoms with van der Waals surface area (Å²) in [7, 11) is 2.02. The molecule has 2 unspecified atom stereocenters. The van der Waals surface area contributed by atoms with Crippen LogP contribution in [0.3, 0.4) is 0 Å². The van der Waals surface area contributed by atoms with Gasteiger partial charge in [-0.15, -0.1) is 0 Å². The molecule has 2 rings (SSSR count). The van der Waals surface area contributed by atoms with Crippen molar-refractivity contribution in [3.8, 4) is 0 Å². The maximum atomic E-state index is 5.67. The summed E-state index contributed by atoms with van der Waals surface area (Å²) >= 11 is 0. The molecule has 1 aliphatic heterocycles. The quantitative estimate of drug-likeness (QED) is 0.850. The van der Waals surface area contributed by atoms with E-state index < -0.39 is 0 Å². The van der Waals surface area contributed by atoms with Crippen LogP contribution in [0.1, 0.15) is 43.0 Å². The second kappa shape index (κ2) is 6.12. The topological polar surface area (TPSA) is 34.1 Å². The first-order valence-corrected chi connectivity index (χ1v) is 6.51.